The van der Waals surface area contributed by atoms with Crippen molar-refractivity contribution in [3.05, 3.63) is 33.1 Å². The molecule has 1 fully saturated rings. The first-order chi connectivity index (χ1) is 23.5. The van der Waals surface area contributed by atoms with Crippen LogP contribution in [0.1, 0.15) is 95.2 Å². The fourth-order valence-corrected chi connectivity index (χ4v) is 7.87. The van der Waals surface area contributed by atoms with E-state index in [1.165, 1.54) is 16.8 Å². The van der Waals surface area contributed by atoms with Crippen LogP contribution < -0.4 is 27.6 Å². The summed E-state index contributed by atoms with van der Waals surface area (Å²) in [4.78, 5) is 54.0. The quantitative estimate of drug-likeness (QED) is 0.0933. The van der Waals surface area contributed by atoms with Gasteiger partial charge >= 0.3 is 11.7 Å². The van der Waals surface area contributed by atoms with Crippen LogP contribution in [0.2, 0.25) is 36.3 Å². The average Bonchev–Trinajstić information content (AvgIpc) is 3.27. The standard InChI is InChI=1S/C36H69N5O9Si2/c1-22(2)21-23(37)30(44)39-19-16-18-38-25(32(45)48-34(3,4)5)26(43)27-28(49-51(12,13)35(6,7)8)29(50-52(14,15)36(9,10)11)31(47-27)41-20-17-24(42)40-33(41)46/h17,20,22-23,25-29,31,38,43H,16,18-19,21,37H2,1-15H3,(H,39,44)(H,40,42,46)/t23-,25-,26+,27+,28+,29+,31+/m0/s1. The van der Waals surface area contributed by atoms with Crippen molar-refractivity contribution in [3.63, 3.8) is 0 Å². The van der Waals surface area contributed by atoms with Gasteiger partial charge < -0.3 is 39.8 Å². The van der Waals surface area contributed by atoms with Crippen LogP contribution in [-0.4, -0.2) is 98.4 Å². The van der Waals surface area contributed by atoms with Crippen LogP contribution in [0.15, 0.2) is 21.9 Å². The van der Waals surface area contributed by atoms with Crippen molar-refractivity contribution in [1.82, 2.24) is 20.2 Å². The number of hydrogen-bond acceptors (Lipinski definition) is 11. The maximum Gasteiger partial charge on any atom is 0.330 e. The number of H-pyrrole nitrogens is 1. The number of aliphatic hydroxyl groups is 1. The van der Waals surface area contributed by atoms with Gasteiger partial charge in [-0.1, -0.05) is 55.4 Å². The van der Waals surface area contributed by atoms with E-state index in [9.17, 15) is 24.3 Å². The van der Waals surface area contributed by atoms with Crippen molar-refractivity contribution in [2.75, 3.05) is 13.1 Å². The van der Waals surface area contributed by atoms with E-state index in [0.29, 0.717) is 19.4 Å². The smallest absolute Gasteiger partial charge is 0.330 e. The van der Waals surface area contributed by atoms with Gasteiger partial charge in [-0.25, -0.2) is 4.79 Å². The Morgan fingerprint density at radius 1 is 0.962 bits per heavy atom. The molecule has 0 aromatic carbocycles. The van der Waals surface area contributed by atoms with Gasteiger partial charge in [-0.3, -0.25) is 23.9 Å². The zero-order valence-electron chi connectivity index (χ0n) is 34.3. The summed E-state index contributed by atoms with van der Waals surface area (Å²) < 4.78 is 27.7. The third-order valence-corrected chi connectivity index (χ3v) is 19.2. The highest BCUT2D eigenvalue weighted by atomic mass is 28.4. The van der Waals surface area contributed by atoms with E-state index in [0.717, 1.165) is 0 Å². The van der Waals surface area contributed by atoms with E-state index in [2.05, 4.69) is 83.3 Å². The largest absolute Gasteiger partial charge is 0.459 e. The normalized spacial score (nSPS) is 22.3. The summed E-state index contributed by atoms with van der Waals surface area (Å²) >= 11 is 0. The summed E-state index contributed by atoms with van der Waals surface area (Å²) in [5, 5.41) is 17.8. The number of nitrogens with zero attached hydrogens (tertiary/aromatic N) is 1. The Morgan fingerprint density at radius 2 is 1.50 bits per heavy atom. The van der Waals surface area contributed by atoms with Crippen LogP contribution in [0.4, 0.5) is 0 Å². The summed E-state index contributed by atoms with van der Waals surface area (Å²) in [5.41, 5.74) is 3.87. The number of amides is 1. The van der Waals surface area contributed by atoms with Gasteiger partial charge in [0.25, 0.3) is 5.56 Å². The highest BCUT2D eigenvalue weighted by Gasteiger charge is 2.57. The molecule has 0 spiro atoms. The molecule has 7 atom stereocenters. The lowest BCUT2D eigenvalue weighted by Crippen LogP contribution is -2.59. The lowest BCUT2D eigenvalue weighted by molar-refractivity contribution is -0.166. The number of nitrogens with two attached hydrogens (primary N) is 1. The molecule has 1 saturated heterocycles. The monoisotopic (exact) mass is 771 g/mol. The van der Waals surface area contributed by atoms with Crippen molar-refractivity contribution in [2.24, 2.45) is 11.7 Å². The minimum absolute atomic E-state index is 0.230. The van der Waals surface area contributed by atoms with Crippen LogP contribution in [0.25, 0.3) is 0 Å². The van der Waals surface area contributed by atoms with Crippen LogP contribution in [0, 0.1) is 5.92 Å². The average molecular weight is 772 g/mol. The first-order valence-corrected chi connectivity index (χ1v) is 24.3. The van der Waals surface area contributed by atoms with E-state index in [1.807, 2.05) is 13.8 Å². The number of ether oxygens (including phenoxy) is 2. The third-order valence-electron chi connectivity index (χ3n) is 10.2. The summed E-state index contributed by atoms with van der Waals surface area (Å²) in [6.07, 6.45) is -3.32. The number of esters is 1. The van der Waals surface area contributed by atoms with Crippen molar-refractivity contribution in [3.8, 4) is 0 Å². The molecule has 2 heterocycles. The number of aromatic amines is 1. The van der Waals surface area contributed by atoms with E-state index in [4.69, 9.17) is 24.1 Å². The second-order valence-electron chi connectivity index (χ2n) is 18.5. The van der Waals surface area contributed by atoms with Crippen molar-refractivity contribution in [2.45, 2.75) is 174 Å². The van der Waals surface area contributed by atoms with E-state index < -0.39 is 82.2 Å². The van der Waals surface area contributed by atoms with Gasteiger partial charge in [0.05, 0.1) is 6.04 Å². The second-order valence-corrected chi connectivity index (χ2v) is 28.0. The zero-order chi connectivity index (χ0) is 40.2. The van der Waals surface area contributed by atoms with E-state index in [1.54, 1.807) is 20.8 Å². The number of carbonyl (C=O) groups is 2. The van der Waals surface area contributed by atoms with Crippen LogP contribution in [0.3, 0.4) is 0 Å². The number of rotatable bonds is 16. The molecular formula is C36H69N5O9Si2. The first-order valence-electron chi connectivity index (χ1n) is 18.5. The Labute approximate surface area is 312 Å². The summed E-state index contributed by atoms with van der Waals surface area (Å²) in [5.74, 6) is -0.682. The second kappa shape index (κ2) is 17.5. The summed E-state index contributed by atoms with van der Waals surface area (Å²) in [7, 11) is -5.23. The van der Waals surface area contributed by atoms with Crippen molar-refractivity contribution < 1.29 is 33.0 Å². The molecule has 300 valence electrons. The number of aromatic nitrogens is 2. The van der Waals surface area contributed by atoms with Gasteiger partial charge in [-0.15, -0.1) is 0 Å². The minimum atomic E-state index is -2.63. The van der Waals surface area contributed by atoms with E-state index >= 15 is 0 Å². The zero-order valence-corrected chi connectivity index (χ0v) is 36.3. The Hall–Kier alpha value is -2.19. The van der Waals surface area contributed by atoms with Gasteiger partial charge in [0, 0.05) is 18.8 Å². The molecule has 1 aromatic rings. The van der Waals surface area contributed by atoms with Crippen molar-refractivity contribution in [1.29, 1.82) is 0 Å². The highest BCUT2D eigenvalue weighted by Crippen LogP contribution is 2.46. The summed E-state index contributed by atoms with van der Waals surface area (Å²) in [6.45, 7) is 30.6. The number of aliphatic hydroxyl groups excluding tert-OH is 1. The molecule has 52 heavy (non-hydrogen) atoms. The lowest BCUT2D eigenvalue weighted by atomic mass is 9.99. The molecule has 6 N–H and O–H groups in total. The van der Waals surface area contributed by atoms with Gasteiger partial charge in [0.1, 0.15) is 36.1 Å². The Balaban J connectivity index is 2.62. The molecule has 1 aromatic heterocycles. The number of hydrogen-bond donors (Lipinski definition) is 5. The lowest BCUT2D eigenvalue weighted by Gasteiger charge is -2.44. The molecule has 0 unspecified atom stereocenters. The molecule has 1 aliphatic rings. The molecule has 1 aliphatic heterocycles. The molecule has 0 saturated carbocycles. The fraction of sp³-hybridized carbons (Fsp3) is 0.833. The van der Waals surface area contributed by atoms with Crippen LogP contribution in [-0.2, 0) is 27.9 Å². The SMILES string of the molecule is CC(C)C[C@H](N)C(=O)NCCCN[C@H](C(=O)OC(C)(C)C)[C@@H](O)[C@H]1O[C@@H](n2ccc(=O)[nH]c2=O)[C@H](O[Si](C)(C)C(C)(C)C)[C@@H]1O[Si](C)(C)C(C)(C)C. The fourth-order valence-electron chi connectivity index (χ4n) is 5.29. The molecule has 0 aliphatic carbocycles. The van der Waals surface area contributed by atoms with E-state index in [-0.39, 0.29) is 28.4 Å². The van der Waals surface area contributed by atoms with Crippen molar-refractivity contribution >= 4 is 28.5 Å². The molecule has 0 radical (unpaired) electrons. The Kier molecular flexibility index (Phi) is 15.5. The number of nitrogens with one attached hydrogen (secondary N) is 3. The Bertz CT molecular complexity index is 1460. The highest BCUT2D eigenvalue weighted by molar-refractivity contribution is 6.74. The Morgan fingerprint density at radius 3 is 1.98 bits per heavy atom. The molecular weight excluding hydrogens is 703 g/mol. The molecule has 1 amide bonds. The van der Waals surface area contributed by atoms with Crippen LogP contribution >= 0.6 is 0 Å². The maximum absolute atomic E-state index is 13.8. The first kappa shape index (κ1) is 46.0. The van der Waals surface area contributed by atoms with Gasteiger partial charge in [-0.2, -0.15) is 0 Å². The molecule has 16 heteroatoms. The molecule has 0 bridgehead atoms. The van der Waals surface area contributed by atoms with Gasteiger partial charge in [-0.05, 0) is 82.3 Å². The van der Waals surface area contributed by atoms with Gasteiger partial charge in [0.15, 0.2) is 22.9 Å². The number of carbonyl (C=O) groups excluding carboxylic acids is 2. The topological polar surface area (TPSA) is 196 Å². The van der Waals surface area contributed by atoms with Crippen LogP contribution in [0.5, 0.6) is 0 Å². The molecule has 2 rings (SSSR count). The summed E-state index contributed by atoms with van der Waals surface area (Å²) in [6, 6.07) is -0.680. The predicted molar refractivity (Wildman–Crippen MR) is 208 cm³/mol. The minimum Gasteiger partial charge on any atom is -0.459 e. The van der Waals surface area contributed by atoms with Gasteiger partial charge in [0.2, 0.25) is 5.91 Å². The predicted octanol–water partition coefficient (Wildman–Crippen LogP) is 3.76. The third kappa shape index (κ3) is 12.4. The maximum atomic E-state index is 13.8. The molecule has 14 nitrogen and oxygen atoms in total.